The SMILES string of the molecule is N.NC1(c2cc(Cl)c(-c3cc[nH]n3)c(Cl)c2)N=CNN1. The average molecular weight is 314 g/mol. The van der Waals surface area contributed by atoms with Crippen molar-refractivity contribution in [2.45, 2.75) is 5.79 Å². The van der Waals surface area contributed by atoms with Crippen molar-refractivity contribution < 1.29 is 0 Å². The number of aliphatic imine (C=N–C) groups is 1. The number of rotatable bonds is 2. The number of aromatic nitrogens is 2. The Morgan fingerprint density at radius 3 is 2.40 bits per heavy atom. The van der Waals surface area contributed by atoms with Gasteiger partial charge in [-0.25, -0.2) is 4.99 Å². The lowest BCUT2D eigenvalue weighted by molar-refractivity contribution is 0.375. The van der Waals surface area contributed by atoms with Crippen LogP contribution in [0.5, 0.6) is 0 Å². The zero-order chi connectivity index (χ0) is 13.5. The van der Waals surface area contributed by atoms with Gasteiger partial charge in [-0.05, 0) is 18.2 Å². The van der Waals surface area contributed by atoms with Crippen LogP contribution in [0.3, 0.4) is 0 Å². The molecule has 1 aromatic heterocycles. The molecule has 1 aliphatic heterocycles. The van der Waals surface area contributed by atoms with Crippen molar-refractivity contribution in [1.82, 2.24) is 27.2 Å². The maximum absolute atomic E-state index is 6.27. The maximum atomic E-state index is 6.27. The van der Waals surface area contributed by atoms with Gasteiger partial charge < -0.3 is 11.6 Å². The van der Waals surface area contributed by atoms with E-state index in [9.17, 15) is 0 Å². The molecule has 1 atom stereocenters. The van der Waals surface area contributed by atoms with Crippen LogP contribution in [0.4, 0.5) is 0 Å². The van der Waals surface area contributed by atoms with Gasteiger partial charge in [-0.15, -0.1) is 0 Å². The van der Waals surface area contributed by atoms with E-state index >= 15 is 0 Å². The number of nitrogens with zero attached hydrogens (tertiary/aromatic N) is 2. The summed E-state index contributed by atoms with van der Waals surface area (Å²) in [5, 5.41) is 7.71. The highest BCUT2D eigenvalue weighted by molar-refractivity contribution is 6.39. The van der Waals surface area contributed by atoms with Crippen LogP contribution in [-0.4, -0.2) is 16.5 Å². The number of benzene rings is 1. The van der Waals surface area contributed by atoms with Crippen LogP contribution in [-0.2, 0) is 5.79 Å². The Morgan fingerprint density at radius 1 is 1.20 bits per heavy atom. The van der Waals surface area contributed by atoms with Gasteiger partial charge in [-0.2, -0.15) is 10.5 Å². The molecule has 2 heterocycles. The standard InChI is InChI=1S/C11H10Cl2N6.H3N/c12-7-3-6(11(14)15-5-17-19-11)4-8(13)10(7)9-1-2-16-18-9;/h1-5,19H,14H2,(H,15,17)(H,16,18);1H3. The van der Waals surface area contributed by atoms with Crippen molar-refractivity contribution in [2.24, 2.45) is 10.7 Å². The fourth-order valence-electron chi connectivity index (χ4n) is 1.89. The molecule has 0 radical (unpaired) electrons. The first kappa shape index (κ1) is 14.8. The summed E-state index contributed by atoms with van der Waals surface area (Å²) in [6, 6.07) is 5.22. The number of nitrogens with one attached hydrogen (secondary N) is 3. The van der Waals surface area contributed by atoms with Gasteiger partial charge in [0.2, 0.25) is 5.79 Å². The molecule has 0 aliphatic carbocycles. The predicted octanol–water partition coefficient (Wildman–Crippen LogP) is 1.75. The molecule has 0 fully saturated rings. The smallest absolute Gasteiger partial charge is 0.206 e. The van der Waals surface area contributed by atoms with Crippen LogP contribution >= 0.6 is 23.2 Å². The highest BCUT2D eigenvalue weighted by atomic mass is 35.5. The second kappa shape index (κ2) is 5.39. The molecule has 0 saturated heterocycles. The zero-order valence-electron chi connectivity index (χ0n) is 10.3. The molecule has 2 aromatic rings. The molecule has 0 spiro atoms. The lowest BCUT2D eigenvalue weighted by Crippen LogP contribution is -2.49. The number of hydrogen-bond acceptors (Lipinski definition) is 6. The summed E-state index contributed by atoms with van der Waals surface area (Å²) in [7, 11) is 0. The molecule has 9 heteroatoms. The van der Waals surface area contributed by atoms with Gasteiger partial charge in [0.1, 0.15) is 6.34 Å². The van der Waals surface area contributed by atoms with E-state index in [4.69, 9.17) is 28.9 Å². The van der Waals surface area contributed by atoms with Crippen molar-refractivity contribution in [3.05, 3.63) is 40.0 Å². The van der Waals surface area contributed by atoms with Gasteiger partial charge >= 0.3 is 0 Å². The summed E-state index contributed by atoms with van der Waals surface area (Å²) in [4.78, 5) is 4.10. The third kappa shape index (κ3) is 2.37. The summed E-state index contributed by atoms with van der Waals surface area (Å²) >= 11 is 12.5. The molecule has 106 valence electrons. The summed E-state index contributed by atoms with van der Waals surface area (Å²) in [5.41, 5.74) is 13.6. The minimum Gasteiger partial charge on any atom is -0.344 e. The van der Waals surface area contributed by atoms with E-state index in [0.717, 1.165) is 0 Å². The first-order valence-corrected chi connectivity index (χ1v) is 6.21. The Kier molecular flexibility index (Phi) is 3.98. The maximum Gasteiger partial charge on any atom is 0.206 e. The number of hydrazine groups is 1. The summed E-state index contributed by atoms with van der Waals surface area (Å²) in [6.07, 6.45) is 3.18. The molecule has 1 unspecified atom stereocenters. The molecule has 3 rings (SSSR count). The summed E-state index contributed by atoms with van der Waals surface area (Å²) in [6.45, 7) is 0. The van der Waals surface area contributed by atoms with Gasteiger partial charge in [0.15, 0.2) is 0 Å². The third-order valence-corrected chi connectivity index (χ3v) is 3.43. The fourth-order valence-corrected chi connectivity index (χ4v) is 2.57. The fraction of sp³-hybridized carbons (Fsp3) is 0.0909. The quantitative estimate of drug-likeness (QED) is 0.577. The molecule has 1 aliphatic rings. The highest BCUT2D eigenvalue weighted by Crippen LogP contribution is 2.36. The van der Waals surface area contributed by atoms with Crippen LogP contribution in [0.25, 0.3) is 11.3 Å². The molecular formula is C11H13Cl2N7. The van der Waals surface area contributed by atoms with E-state index in [0.29, 0.717) is 26.9 Å². The lowest BCUT2D eigenvalue weighted by atomic mass is 10.0. The Bertz CT molecular complexity index is 617. The van der Waals surface area contributed by atoms with E-state index in [2.05, 4.69) is 26.0 Å². The van der Waals surface area contributed by atoms with Crippen molar-refractivity contribution in [1.29, 1.82) is 0 Å². The summed E-state index contributed by atoms with van der Waals surface area (Å²) in [5.74, 6) is -1.07. The van der Waals surface area contributed by atoms with Crippen molar-refractivity contribution in [3.8, 4) is 11.3 Å². The van der Waals surface area contributed by atoms with E-state index in [1.165, 1.54) is 6.34 Å². The first-order valence-electron chi connectivity index (χ1n) is 5.45. The number of hydrogen-bond donors (Lipinski definition) is 5. The molecular weight excluding hydrogens is 301 g/mol. The molecule has 7 nitrogen and oxygen atoms in total. The Balaban J connectivity index is 0.00000147. The van der Waals surface area contributed by atoms with E-state index in [-0.39, 0.29) is 6.15 Å². The van der Waals surface area contributed by atoms with Crippen LogP contribution in [0.15, 0.2) is 29.4 Å². The lowest BCUT2D eigenvalue weighted by Gasteiger charge is -2.22. The van der Waals surface area contributed by atoms with Gasteiger partial charge in [-0.1, -0.05) is 23.2 Å². The van der Waals surface area contributed by atoms with Gasteiger partial charge in [-0.3, -0.25) is 10.8 Å². The van der Waals surface area contributed by atoms with Crippen LogP contribution in [0.1, 0.15) is 5.56 Å². The van der Waals surface area contributed by atoms with Crippen LogP contribution in [0.2, 0.25) is 10.0 Å². The van der Waals surface area contributed by atoms with E-state index in [1.807, 2.05) is 0 Å². The second-order valence-corrected chi connectivity index (χ2v) is 4.88. The topological polar surface area (TPSA) is 126 Å². The third-order valence-electron chi connectivity index (χ3n) is 2.83. The minimum atomic E-state index is -1.07. The zero-order valence-corrected chi connectivity index (χ0v) is 11.8. The largest absolute Gasteiger partial charge is 0.344 e. The molecule has 0 saturated carbocycles. The Labute approximate surface area is 125 Å². The van der Waals surface area contributed by atoms with E-state index in [1.54, 1.807) is 24.4 Å². The van der Waals surface area contributed by atoms with Crippen LogP contribution < -0.4 is 22.7 Å². The Morgan fingerprint density at radius 2 is 1.90 bits per heavy atom. The number of nitrogens with two attached hydrogens (primary N) is 1. The molecule has 8 N–H and O–H groups in total. The Hall–Kier alpha value is -1.64. The van der Waals surface area contributed by atoms with Crippen molar-refractivity contribution in [3.63, 3.8) is 0 Å². The van der Waals surface area contributed by atoms with Crippen LogP contribution in [0, 0.1) is 0 Å². The number of H-pyrrole nitrogens is 1. The molecule has 0 amide bonds. The molecule has 1 aromatic carbocycles. The van der Waals surface area contributed by atoms with Crippen molar-refractivity contribution >= 4 is 29.5 Å². The van der Waals surface area contributed by atoms with Gasteiger partial charge in [0.05, 0.1) is 15.7 Å². The number of aromatic amines is 1. The second-order valence-electron chi connectivity index (χ2n) is 4.07. The van der Waals surface area contributed by atoms with Gasteiger partial charge in [0, 0.05) is 17.3 Å². The van der Waals surface area contributed by atoms with Gasteiger partial charge in [0.25, 0.3) is 0 Å². The average Bonchev–Trinajstić information content (AvgIpc) is 3.00. The highest BCUT2D eigenvalue weighted by Gasteiger charge is 2.30. The predicted molar refractivity (Wildman–Crippen MR) is 79.7 cm³/mol. The monoisotopic (exact) mass is 313 g/mol. The molecule has 0 bridgehead atoms. The normalized spacial score (nSPS) is 20.6. The number of halogens is 2. The molecule has 20 heavy (non-hydrogen) atoms. The first-order chi connectivity index (χ1) is 9.10. The minimum absolute atomic E-state index is 0. The summed E-state index contributed by atoms with van der Waals surface area (Å²) < 4.78 is 0. The van der Waals surface area contributed by atoms with Crippen molar-refractivity contribution in [2.75, 3.05) is 0 Å². The van der Waals surface area contributed by atoms with E-state index < -0.39 is 5.79 Å².